The number of hydrogen-bond acceptors (Lipinski definition) is 3. The van der Waals surface area contributed by atoms with Crippen molar-refractivity contribution in [3.05, 3.63) is 56.7 Å². The van der Waals surface area contributed by atoms with Crippen molar-refractivity contribution < 1.29 is 9.59 Å². The summed E-state index contributed by atoms with van der Waals surface area (Å²) in [7, 11) is 1.50. The summed E-state index contributed by atoms with van der Waals surface area (Å²) in [5, 5.41) is -0.233. The Kier molecular flexibility index (Phi) is 4.21. The number of rotatable bonds is 2. The molecule has 0 unspecified atom stereocenters. The Morgan fingerprint density at radius 1 is 1.13 bits per heavy atom. The van der Waals surface area contributed by atoms with Crippen molar-refractivity contribution in [1.82, 2.24) is 9.47 Å². The Bertz CT molecular complexity index is 837. The van der Waals surface area contributed by atoms with Crippen molar-refractivity contribution in [2.45, 2.75) is 13.8 Å². The first-order valence-electron chi connectivity index (χ1n) is 7.05. The topological polar surface area (TPSA) is 42.3 Å². The fourth-order valence-corrected chi connectivity index (χ4v) is 3.69. The van der Waals surface area contributed by atoms with Gasteiger partial charge in [-0.2, -0.15) is 0 Å². The summed E-state index contributed by atoms with van der Waals surface area (Å²) in [6.07, 6.45) is 1.80. The second-order valence-corrected chi connectivity index (χ2v) is 7.29. The molecular formula is C17H15BrN2O2S. The molecule has 1 aromatic carbocycles. The minimum Gasteiger partial charge on any atom is -0.318 e. The zero-order valence-electron chi connectivity index (χ0n) is 13.0. The number of nitrogens with zero attached hydrogens (tertiary/aromatic N) is 2. The van der Waals surface area contributed by atoms with E-state index in [0.29, 0.717) is 4.91 Å². The van der Waals surface area contributed by atoms with Crippen LogP contribution in [-0.2, 0) is 4.79 Å². The van der Waals surface area contributed by atoms with Gasteiger partial charge < -0.3 is 4.57 Å². The minimum absolute atomic E-state index is 0.233. The number of carbonyl (C=O) groups excluding carboxylic acids is 2. The Labute approximate surface area is 147 Å². The number of benzene rings is 1. The van der Waals surface area contributed by atoms with Crippen LogP contribution in [0, 0.1) is 13.8 Å². The number of amides is 2. The van der Waals surface area contributed by atoms with E-state index in [1.54, 1.807) is 6.08 Å². The Morgan fingerprint density at radius 2 is 1.78 bits per heavy atom. The van der Waals surface area contributed by atoms with Crippen LogP contribution < -0.4 is 0 Å². The molecule has 0 bridgehead atoms. The summed E-state index contributed by atoms with van der Waals surface area (Å²) >= 11 is 4.42. The highest BCUT2D eigenvalue weighted by Crippen LogP contribution is 2.32. The molecule has 1 aliphatic heterocycles. The average molecular weight is 391 g/mol. The number of aryl methyl sites for hydroxylation is 1. The maximum Gasteiger partial charge on any atom is 0.293 e. The molecule has 4 nitrogen and oxygen atoms in total. The van der Waals surface area contributed by atoms with Gasteiger partial charge in [-0.3, -0.25) is 14.5 Å². The third kappa shape index (κ3) is 2.88. The predicted molar refractivity (Wildman–Crippen MR) is 96.7 cm³/mol. The molecule has 2 heterocycles. The van der Waals surface area contributed by atoms with Gasteiger partial charge in [0, 0.05) is 28.6 Å². The molecule has 23 heavy (non-hydrogen) atoms. The smallest absolute Gasteiger partial charge is 0.293 e. The van der Waals surface area contributed by atoms with Crippen molar-refractivity contribution in [1.29, 1.82) is 0 Å². The van der Waals surface area contributed by atoms with E-state index < -0.39 is 0 Å². The van der Waals surface area contributed by atoms with E-state index in [2.05, 4.69) is 20.5 Å². The van der Waals surface area contributed by atoms with Crippen LogP contribution in [-0.4, -0.2) is 27.7 Å². The van der Waals surface area contributed by atoms with Gasteiger partial charge in [-0.25, -0.2) is 0 Å². The number of carbonyl (C=O) groups is 2. The lowest BCUT2D eigenvalue weighted by Crippen LogP contribution is -2.22. The first-order valence-corrected chi connectivity index (χ1v) is 8.66. The van der Waals surface area contributed by atoms with Gasteiger partial charge in [0.25, 0.3) is 11.1 Å². The molecule has 1 saturated heterocycles. The normalized spacial score (nSPS) is 16.7. The van der Waals surface area contributed by atoms with Gasteiger partial charge in [0.1, 0.15) is 0 Å². The number of hydrogen-bond donors (Lipinski definition) is 0. The fraction of sp³-hybridized carbons (Fsp3) is 0.176. The maximum atomic E-state index is 12.0. The molecule has 0 aliphatic carbocycles. The molecule has 0 N–H and O–H groups in total. The molecule has 2 amide bonds. The van der Waals surface area contributed by atoms with Gasteiger partial charge in [0.2, 0.25) is 0 Å². The van der Waals surface area contributed by atoms with Crippen LogP contribution in [0.3, 0.4) is 0 Å². The molecule has 6 heteroatoms. The third-order valence-corrected chi connectivity index (χ3v) is 5.32. The molecule has 3 rings (SSSR count). The number of imide groups is 1. The van der Waals surface area contributed by atoms with E-state index >= 15 is 0 Å². The van der Waals surface area contributed by atoms with Crippen LogP contribution in [0.1, 0.15) is 17.0 Å². The Morgan fingerprint density at radius 3 is 2.35 bits per heavy atom. The molecule has 0 spiro atoms. The maximum absolute atomic E-state index is 12.0. The summed E-state index contributed by atoms with van der Waals surface area (Å²) in [5.74, 6) is -0.242. The average Bonchev–Trinajstić information content (AvgIpc) is 2.92. The predicted octanol–water partition coefficient (Wildman–Crippen LogP) is 4.52. The van der Waals surface area contributed by atoms with Crippen LogP contribution in [0.15, 0.2) is 39.7 Å². The first-order chi connectivity index (χ1) is 10.9. The zero-order valence-corrected chi connectivity index (χ0v) is 15.4. The number of aromatic nitrogens is 1. The second kappa shape index (κ2) is 6.02. The summed E-state index contributed by atoms with van der Waals surface area (Å²) in [5.41, 5.74) is 4.12. The highest BCUT2D eigenvalue weighted by molar-refractivity contribution is 9.10. The lowest BCUT2D eigenvalue weighted by Gasteiger charge is -2.09. The van der Waals surface area contributed by atoms with Crippen molar-refractivity contribution >= 4 is 44.9 Å². The Hall–Kier alpha value is -1.79. The van der Waals surface area contributed by atoms with Gasteiger partial charge >= 0.3 is 0 Å². The molecule has 2 aromatic rings. The highest BCUT2D eigenvalue weighted by Gasteiger charge is 2.32. The molecule has 0 saturated carbocycles. The van der Waals surface area contributed by atoms with E-state index in [1.807, 2.05) is 44.2 Å². The zero-order chi connectivity index (χ0) is 16.7. The first kappa shape index (κ1) is 16.1. The summed E-state index contributed by atoms with van der Waals surface area (Å²) in [6, 6.07) is 10.1. The standard InChI is InChI=1S/C17H15BrN2O2S/c1-10-8-12(9-15-16(21)19(3)17(22)23-15)11(2)20(10)14-6-4-13(18)5-7-14/h4-9H,1-3H3/b15-9+. The summed E-state index contributed by atoms with van der Waals surface area (Å²) in [4.78, 5) is 25.3. The highest BCUT2D eigenvalue weighted by atomic mass is 79.9. The van der Waals surface area contributed by atoms with Gasteiger partial charge in [-0.1, -0.05) is 15.9 Å². The molecule has 1 aliphatic rings. The van der Waals surface area contributed by atoms with Gasteiger partial charge in [-0.15, -0.1) is 0 Å². The van der Waals surface area contributed by atoms with E-state index in [0.717, 1.165) is 43.8 Å². The third-order valence-electron chi connectivity index (χ3n) is 3.83. The number of halogens is 1. The molecule has 118 valence electrons. The summed E-state index contributed by atoms with van der Waals surface area (Å²) < 4.78 is 3.16. The lowest BCUT2D eigenvalue weighted by atomic mass is 10.2. The van der Waals surface area contributed by atoms with Crippen LogP contribution in [0.2, 0.25) is 0 Å². The van der Waals surface area contributed by atoms with Crippen LogP contribution in [0.5, 0.6) is 0 Å². The van der Waals surface area contributed by atoms with Crippen LogP contribution in [0.25, 0.3) is 11.8 Å². The number of thioether (sulfide) groups is 1. The largest absolute Gasteiger partial charge is 0.318 e. The van der Waals surface area contributed by atoms with Crippen molar-refractivity contribution in [3.8, 4) is 5.69 Å². The van der Waals surface area contributed by atoms with Gasteiger partial charge in [0.05, 0.1) is 4.91 Å². The molecule has 0 radical (unpaired) electrons. The van der Waals surface area contributed by atoms with Crippen LogP contribution >= 0.6 is 27.7 Å². The number of likely N-dealkylation sites (N-methyl/N-ethyl adjacent to an activating group) is 1. The monoisotopic (exact) mass is 390 g/mol. The second-order valence-electron chi connectivity index (χ2n) is 5.38. The van der Waals surface area contributed by atoms with E-state index in [-0.39, 0.29) is 11.1 Å². The van der Waals surface area contributed by atoms with Crippen LogP contribution in [0.4, 0.5) is 4.79 Å². The Balaban J connectivity index is 2.03. The SMILES string of the molecule is Cc1cc(/C=C2/SC(=O)N(C)C2=O)c(C)n1-c1ccc(Br)cc1. The summed E-state index contributed by atoms with van der Waals surface area (Å²) in [6.45, 7) is 4.04. The van der Waals surface area contributed by atoms with Crippen molar-refractivity contribution in [2.24, 2.45) is 0 Å². The molecule has 1 aromatic heterocycles. The fourth-order valence-electron chi connectivity index (χ4n) is 2.61. The van der Waals surface area contributed by atoms with E-state index in [4.69, 9.17) is 0 Å². The lowest BCUT2D eigenvalue weighted by molar-refractivity contribution is -0.121. The minimum atomic E-state index is -0.242. The molecule has 1 fully saturated rings. The molecule has 0 atom stereocenters. The van der Waals surface area contributed by atoms with E-state index in [9.17, 15) is 9.59 Å². The molecular weight excluding hydrogens is 376 g/mol. The van der Waals surface area contributed by atoms with E-state index in [1.165, 1.54) is 7.05 Å². The quantitative estimate of drug-likeness (QED) is 0.707. The van der Waals surface area contributed by atoms with Gasteiger partial charge in [0.15, 0.2) is 0 Å². The van der Waals surface area contributed by atoms with Gasteiger partial charge in [-0.05, 0) is 67.6 Å². The van der Waals surface area contributed by atoms with Crippen molar-refractivity contribution in [3.63, 3.8) is 0 Å². The van der Waals surface area contributed by atoms with Crippen molar-refractivity contribution in [2.75, 3.05) is 7.05 Å².